The van der Waals surface area contributed by atoms with Crippen LogP contribution in [0.3, 0.4) is 0 Å². The number of carbonyl (C=O) groups is 1. The highest BCUT2D eigenvalue weighted by atomic mass is 19.1. The van der Waals surface area contributed by atoms with Crippen molar-refractivity contribution in [1.82, 2.24) is 19.4 Å². The molecule has 0 aliphatic heterocycles. The van der Waals surface area contributed by atoms with Crippen LogP contribution in [-0.4, -0.2) is 33.6 Å². The number of H-pyrrole nitrogens is 1. The Labute approximate surface area is 229 Å². The van der Waals surface area contributed by atoms with E-state index in [1.807, 2.05) is 13.8 Å². The quantitative estimate of drug-likeness (QED) is 0.278. The number of likely N-dealkylation sites (N-methyl/N-ethyl adjacent to an activating group) is 1. The van der Waals surface area contributed by atoms with Crippen molar-refractivity contribution in [3.63, 3.8) is 0 Å². The van der Waals surface area contributed by atoms with Gasteiger partial charge in [0, 0.05) is 17.3 Å². The van der Waals surface area contributed by atoms with Crippen molar-refractivity contribution >= 4 is 34.0 Å². The maximum Gasteiger partial charge on any atom is 0.336 e. The fourth-order valence-corrected chi connectivity index (χ4v) is 4.51. The summed E-state index contributed by atoms with van der Waals surface area (Å²) in [6, 6.07) is 10.9. The number of carbonyl (C=O) groups excluding carboxylic acids is 1. The molecule has 0 spiro atoms. The Kier molecular flexibility index (Phi) is 8.34. The van der Waals surface area contributed by atoms with Gasteiger partial charge in [-0.15, -0.1) is 0 Å². The molecule has 1 aliphatic carbocycles. The Bertz CT molecular complexity index is 1770. The van der Waals surface area contributed by atoms with Crippen LogP contribution in [0.25, 0.3) is 16.6 Å². The van der Waals surface area contributed by atoms with E-state index in [1.54, 1.807) is 44.3 Å². The number of benzene rings is 2. The lowest BCUT2D eigenvalue weighted by Gasteiger charge is -2.19. The summed E-state index contributed by atoms with van der Waals surface area (Å²) in [6.07, 6.45) is 1.33. The van der Waals surface area contributed by atoms with E-state index in [0.29, 0.717) is 29.8 Å². The van der Waals surface area contributed by atoms with Crippen LogP contribution in [0.15, 0.2) is 56.8 Å². The van der Waals surface area contributed by atoms with Gasteiger partial charge in [0.1, 0.15) is 17.0 Å². The first kappa shape index (κ1) is 28.5. The van der Waals surface area contributed by atoms with Crippen LogP contribution in [0.1, 0.15) is 43.9 Å². The number of rotatable bonds is 7. The third-order valence-electron chi connectivity index (χ3n) is 6.50. The highest BCUT2D eigenvalue weighted by molar-refractivity contribution is 5.94. The minimum atomic E-state index is -0.593. The fourth-order valence-electron chi connectivity index (χ4n) is 4.51. The second kappa shape index (κ2) is 11.7. The van der Waals surface area contributed by atoms with Gasteiger partial charge < -0.3 is 20.9 Å². The van der Waals surface area contributed by atoms with E-state index in [9.17, 15) is 23.6 Å². The van der Waals surface area contributed by atoms with Gasteiger partial charge >= 0.3 is 5.69 Å². The van der Waals surface area contributed by atoms with Gasteiger partial charge in [-0.1, -0.05) is 26.0 Å². The molecule has 1 aliphatic rings. The molecular formula is C29H33FN6O4. The van der Waals surface area contributed by atoms with E-state index in [4.69, 9.17) is 0 Å². The Morgan fingerprint density at radius 1 is 1.07 bits per heavy atom. The summed E-state index contributed by atoms with van der Waals surface area (Å²) in [4.78, 5) is 55.3. The lowest BCUT2D eigenvalue weighted by Crippen LogP contribution is -2.40. The molecule has 1 saturated carbocycles. The van der Waals surface area contributed by atoms with E-state index < -0.39 is 22.6 Å². The van der Waals surface area contributed by atoms with E-state index in [1.165, 1.54) is 28.2 Å². The molecule has 0 radical (unpaired) electrons. The summed E-state index contributed by atoms with van der Waals surface area (Å²) < 4.78 is 17.2. The number of amides is 1. The zero-order valence-corrected chi connectivity index (χ0v) is 23.1. The number of nitrogens with zero attached hydrogens (tertiary/aromatic N) is 2. The molecule has 4 aromatic rings. The molecule has 4 N–H and O–H groups in total. The number of halogens is 1. The number of hydrogen-bond donors (Lipinski definition) is 4. The standard InChI is InChI=1S/C27H27FN6O4.C2H6/c1-14-7-10-20(19(28)11-14)31-24-22-23(15(2)25(36)32-24)33(27(38)34(26(22)37)17-8-9-17)18-6-4-5-16(12-18)30-21(35)13-29-3;1-2/h4-7,10-12,17,29H,8-9,13H2,1-3H3,(H,30,35)(H2,31,32,36);1-2H3. The second-order valence-corrected chi connectivity index (χ2v) is 9.44. The van der Waals surface area contributed by atoms with Gasteiger partial charge in [-0.3, -0.25) is 23.5 Å². The van der Waals surface area contributed by atoms with E-state index in [2.05, 4.69) is 20.9 Å². The topological polar surface area (TPSA) is 130 Å². The van der Waals surface area contributed by atoms with Crippen LogP contribution < -0.4 is 32.8 Å². The van der Waals surface area contributed by atoms with Crippen molar-refractivity contribution in [3.8, 4) is 5.69 Å². The van der Waals surface area contributed by atoms with Gasteiger partial charge in [-0.2, -0.15) is 0 Å². The number of anilines is 3. The summed E-state index contributed by atoms with van der Waals surface area (Å²) >= 11 is 0. The van der Waals surface area contributed by atoms with Crippen LogP contribution >= 0.6 is 0 Å². The normalized spacial score (nSPS) is 12.6. The first-order chi connectivity index (χ1) is 19.2. The van der Waals surface area contributed by atoms with Gasteiger partial charge in [0.25, 0.3) is 11.1 Å². The molecular weight excluding hydrogens is 515 g/mol. The molecule has 0 unspecified atom stereocenters. The predicted octanol–water partition coefficient (Wildman–Crippen LogP) is 3.86. The number of nitrogens with one attached hydrogen (secondary N) is 4. The van der Waals surface area contributed by atoms with Crippen molar-refractivity contribution in [2.75, 3.05) is 24.2 Å². The minimum absolute atomic E-state index is 0.00928. The zero-order valence-electron chi connectivity index (χ0n) is 23.1. The van der Waals surface area contributed by atoms with Crippen LogP contribution in [0, 0.1) is 19.7 Å². The molecule has 0 atom stereocenters. The summed E-state index contributed by atoms with van der Waals surface area (Å²) in [6.45, 7) is 7.36. The molecule has 0 bridgehead atoms. The van der Waals surface area contributed by atoms with Gasteiger partial charge in [-0.05, 0) is 69.6 Å². The molecule has 10 nitrogen and oxygen atoms in total. The van der Waals surface area contributed by atoms with Crippen LogP contribution in [0.4, 0.5) is 21.6 Å². The monoisotopic (exact) mass is 548 g/mol. The lowest BCUT2D eigenvalue weighted by molar-refractivity contribution is -0.115. The van der Waals surface area contributed by atoms with Crippen molar-refractivity contribution in [2.45, 2.75) is 46.6 Å². The predicted molar refractivity (Wildman–Crippen MR) is 156 cm³/mol. The average Bonchev–Trinajstić information content (AvgIpc) is 3.75. The second-order valence-electron chi connectivity index (χ2n) is 9.44. The van der Waals surface area contributed by atoms with Gasteiger partial charge in [-0.25, -0.2) is 9.18 Å². The third kappa shape index (κ3) is 5.46. The third-order valence-corrected chi connectivity index (χ3v) is 6.50. The Morgan fingerprint density at radius 3 is 2.45 bits per heavy atom. The van der Waals surface area contributed by atoms with E-state index >= 15 is 0 Å². The highest BCUT2D eigenvalue weighted by Crippen LogP contribution is 2.34. The molecule has 1 fully saturated rings. The molecule has 2 heterocycles. The lowest BCUT2D eigenvalue weighted by atomic mass is 10.1. The summed E-state index contributed by atoms with van der Waals surface area (Å²) in [5.41, 5.74) is 0.130. The average molecular weight is 549 g/mol. The Hall–Kier alpha value is -4.51. The van der Waals surface area contributed by atoms with E-state index in [-0.39, 0.29) is 46.5 Å². The van der Waals surface area contributed by atoms with Gasteiger partial charge in [0.05, 0.1) is 23.4 Å². The van der Waals surface area contributed by atoms with Crippen molar-refractivity contribution < 1.29 is 9.18 Å². The minimum Gasteiger partial charge on any atom is -0.339 e. The summed E-state index contributed by atoms with van der Waals surface area (Å²) in [5, 5.41) is 8.44. The first-order valence-electron chi connectivity index (χ1n) is 13.2. The maximum absolute atomic E-state index is 14.7. The molecule has 2 aromatic heterocycles. The highest BCUT2D eigenvalue weighted by Gasteiger charge is 2.31. The Morgan fingerprint density at radius 2 is 1.80 bits per heavy atom. The number of aromatic nitrogens is 3. The van der Waals surface area contributed by atoms with Crippen LogP contribution in [-0.2, 0) is 4.79 Å². The fraction of sp³-hybridized carbons (Fsp3) is 0.310. The number of fused-ring (bicyclic) bond motifs is 1. The first-order valence-corrected chi connectivity index (χ1v) is 13.2. The smallest absolute Gasteiger partial charge is 0.336 e. The summed E-state index contributed by atoms with van der Waals surface area (Å²) in [7, 11) is 1.65. The molecule has 210 valence electrons. The number of pyridine rings is 1. The largest absolute Gasteiger partial charge is 0.339 e. The van der Waals surface area contributed by atoms with Gasteiger partial charge in [0.2, 0.25) is 5.91 Å². The molecule has 40 heavy (non-hydrogen) atoms. The number of aromatic amines is 1. The number of aryl methyl sites for hydroxylation is 2. The molecule has 2 aromatic carbocycles. The summed E-state index contributed by atoms with van der Waals surface area (Å²) in [5.74, 6) is -0.838. The SMILES string of the molecule is CC.CNCC(=O)Nc1cccc(-n2c(=O)n(C3CC3)c(=O)c3c(Nc4ccc(C)cc4F)[nH]c(=O)c(C)c32)c1. The Balaban J connectivity index is 0.00000181. The van der Waals surface area contributed by atoms with Crippen LogP contribution in [0.5, 0.6) is 0 Å². The number of hydrogen-bond acceptors (Lipinski definition) is 6. The van der Waals surface area contributed by atoms with Crippen molar-refractivity contribution in [2.24, 2.45) is 0 Å². The maximum atomic E-state index is 14.7. The van der Waals surface area contributed by atoms with Crippen LogP contribution in [0.2, 0.25) is 0 Å². The van der Waals surface area contributed by atoms with E-state index in [0.717, 1.165) is 0 Å². The van der Waals surface area contributed by atoms with Gasteiger partial charge in [0.15, 0.2) is 0 Å². The molecule has 11 heteroatoms. The molecule has 1 amide bonds. The van der Waals surface area contributed by atoms with Crippen molar-refractivity contribution in [3.05, 3.63) is 90.6 Å². The molecule has 0 saturated heterocycles. The van der Waals surface area contributed by atoms with Crippen molar-refractivity contribution in [1.29, 1.82) is 0 Å². The molecule has 5 rings (SSSR count). The zero-order chi connectivity index (χ0) is 29.1.